The van der Waals surface area contributed by atoms with Crippen molar-refractivity contribution in [3.8, 4) is 5.75 Å². The van der Waals surface area contributed by atoms with E-state index in [9.17, 15) is 9.50 Å². The molecule has 3 aromatic rings. The third kappa shape index (κ3) is 2.65. The topological polar surface area (TPSA) is 85.1 Å². The molecule has 0 radical (unpaired) electrons. The molecule has 1 saturated heterocycles. The number of ether oxygens (including phenoxy) is 1. The number of halogens is 1. The first-order valence-corrected chi connectivity index (χ1v) is 7.73. The zero-order valence-corrected chi connectivity index (χ0v) is 12.8. The second kappa shape index (κ2) is 6.04. The van der Waals surface area contributed by atoms with Gasteiger partial charge in [0.25, 0.3) is 0 Å². The van der Waals surface area contributed by atoms with Gasteiger partial charge in [0, 0.05) is 13.2 Å². The number of hydrogen-bond acceptors (Lipinski definition) is 6. The molecule has 2 aromatic heterocycles. The standard InChI is InChI=1S/C16H16FN5O2/c17-11-6-10(3-4-12(11)23)7-18-15-14-16(20-8-19-15)22(9-21-14)13-2-1-5-24-13/h3-4,6,8-9,13,23H,1-2,5,7H2,(H,18,19,20). The number of phenols is 1. The van der Waals surface area contributed by atoms with Crippen molar-refractivity contribution in [2.75, 3.05) is 11.9 Å². The van der Waals surface area contributed by atoms with E-state index in [1.807, 2.05) is 4.57 Å². The number of aromatic hydroxyl groups is 1. The SMILES string of the molecule is Oc1ccc(CNc2ncnc3c2ncn3C2CCCO2)cc1F. The Morgan fingerprint density at radius 2 is 2.25 bits per heavy atom. The summed E-state index contributed by atoms with van der Waals surface area (Å²) in [4.78, 5) is 12.9. The minimum Gasteiger partial charge on any atom is -0.505 e. The summed E-state index contributed by atoms with van der Waals surface area (Å²) in [5, 5.41) is 12.4. The summed E-state index contributed by atoms with van der Waals surface area (Å²) in [6.07, 6.45) is 5.09. The number of rotatable bonds is 4. The minimum atomic E-state index is -0.648. The lowest BCUT2D eigenvalue weighted by molar-refractivity contribution is 0.0593. The van der Waals surface area contributed by atoms with Crippen molar-refractivity contribution in [1.82, 2.24) is 19.5 Å². The molecule has 0 aliphatic carbocycles. The maximum Gasteiger partial charge on any atom is 0.167 e. The summed E-state index contributed by atoms with van der Waals surface area (Å²) < 4.78 is 21.0. The van der Waals surface area contributed by atoms with Crippen molar-refractivity contribution in [3.63, 3.8) is 0 Å². The average molecular weight is 329 g/mol. The van der Waals surface area contributed by atoms with Crippen LogP contribution in [0.3, 0.4) is 0 Å². The fourth-order valence-electron chi connectivity index (χ4n) is 2.82. The predicted octanol–water partition coefficient (Wildman–Crippen LogP) is 2.59. The first-order valence-electron chi connectivity index (χ1n) is 7.73. The Kier molecular flexibility index (Phi) is 3.73. The summed E-state index contributed by atoms with van der Waals surface area (Å²) in [6.45, 7) is 1.10. The molecular formula is C16H16FN5O2. The fraction of sp³-hybridized carbons (Fsp3) is 0.312. The maximum absolute atomic E-state index is 13.4. The predicted molar refractivity (Wildman–Crippen MR) is 84.9 cm³/mol. The maximum atomic E-state index is 13.4. The molecule has 0 amide bonds. The van der Waals surface area contributed by atoms with Gasteiger partial charge < -0.3 is 15.2 Å². The fourth-order valence-corrected chi connectivity index (χ4v) is 2.82. The van der Waals surface area contributed by atoms with Crippen LogP contribution in [0.1, 0.15) is 24.6 Å². The molecule has 24 heavy (non-hydrogen) atoms. The van der Waals surface area contributed by atoms with E-state index < -0.39 is 5.82 Å². The number of nitrogens with one attached hydrogen (secondary N) is 1. The zero-order valence-electron chi connectivity index (χ0n) is 12.8. The number of nitrogens with zero attached hydrogens (tertiary/aromatic N) is 4. The third-order valence-corrected chi connectivity index (χ3v) is 4.05. The average Bonchev–Trinajstić information content (AvgIpc) is 3.24. The van der Waals surface area contributed by atoms with E-state index in [2.05, 4.69) is 20.3 Å². The van der Waals surface area contributed by atoms with Crippen LogP contribution in [-0.4, -0.2) is 31.2 Å². The van der Waals surface area contributed by atoms with Crippen molar-refractivity contribution >= 4 is 17.0 Å². The van der Waals surface area contributed by atoms with Gasteiger partial charge in [-0.15, -0.1) is 0 Å². The normalized spacial score (nSPS) is 17.5. The van der Waals surface area contributed by atoms with E-state index in [-0.39, 0.29) is 12.0 Å². The van der Waals surface area contributed by atoms with Crippen LogP contribution in [0.4, 0.5) is 10.2 Å². The number of benzene rings is 1. The zero-order chi connectivity index (χ0) is 16.5. The number of hydrogen-bond donors (Lipinski definition) is 2. The van der Waals surface area contributed by atoms with Gasteiger partial charge in [0.1, 0.15) is 12.6 Å². The van der Waals surface area contributed by atoms with Gasteiger partial charge in [-0.25, -0.2) is 19.3 Å². The summed E-state index contributed by atoms with van der Waals surface area (Å²) in [5.74, 6) is -0.437. The number of aromatic nitrogens is 4. The van der Waals surface area contributed by atoms with Crippen LogP contribution in [0.25, 0.3) is 11.2 Å². The lowest BCUT2D eigenvalue weighted by Gasteiger charge is -2.11. The molecule has 8 heteroatoms. The smallest absolute Gasteiger partial charge is 0.167 e. The second-order valence-corrected chi connectivity index (χ2v) is 5.65. The Balaban J connectivity index is 1.59. The van der Waals surface area contributed by atoms with Gasteiger partial charge in [-0.1, -0.05) is 6.07 Å². The van der Waals surface area contributed by atoms with Gasteiger partial charge in [-0.2, -0.15) is 0 Å². The van der Waals surface area contributed by atoms with E-state index in [0.717, 1.165) is 19.4 Å². The van der Waals surface area contributed by atoms with Crippen LogP contribution in [-0.2, 0) is 11.3 Å². The van der Waals surface area contributed by atoms with Crippen molar-refractivity contribution < 1.29 is 14.2 Å². The van der Waals surface area contributed by atoms with Gasteiger partial charge in [0.15, 0.2) is 28.5 Å². The van der Waals surface area contributed by atoms with Gasteiger partial charge >= 0.3 is 0 Å². The minimum absolute atomic E-state index is 0.0380. The highest BCUT2D eigenvalue weighted by atomic mass is 19.1. The second-order valence-electron chi connectivity index (χ2n) is 5.65. The van der Waals surface area contributed by atoms with E-state index in [4.69, 9.17) is 4.74 Å². The molecule has 1 aliphatic rings. The van der Waals surface area contributed by atoms with Crippen molar-refractivity contribution in [2.45, 2.75) is 25.6 Å². The Hall–Kier alpha value is -2.74. The lowest BCUT2D eigenvalue weighted by Crippen LogP contribution is -2.07. The van der Waals surface area contributed by atoms with Gasteiger partial charge in [-0.3, -0.25) is 4.57 Å². The number of anilines is 1. The molecule has 1 atom stereocenters. The number of imidazole rings is 1. The van der Waals surface area contributed by atoms with E-state index >= 15 is 0 Å². The number of fused-ring (bicyclic) bond motifs is 1. The summed E-state index contributed by atoms with van der Waals surface area (Å²) in [7, 11) is 0. The monoisotopic (exact) mass is 329 g/mol. The van der Waals surface area contributed by atoms with Crippen molar-refractivity contribution in [1.29, 1.82) is 0 Å². The van der Waals surface area contributed by atoms with Gasteiger partial charge in [0.2, 0.25) is 0 Å². The molecule has 1 aliphatic heterocycles. The first-order chi connectivity index (χ1) is 11.7. The van der Waals surface area contributed by atoms with Crippen molar-refractivity contribution in [2.24, 2.45) is 0 Å². The molecule has 124 valence electrons. The van der Waals surface area contributed by atoms with E-state index in [1.165, 1.54) is 18.5 Å². The summed E-state index contributed by atoms with van der Waals surface area (Å²) in [5.41, 5.74) is 2.04. The van der Waals surface area contributed by atoms with Crippen LogP contribution >= 0.6 is 0 Å². The highest BCUT2D eigenvalue weighted by Gasteiger charge is 2.21. The molecule has 0 spiro atoms. The van der Waals surface area contributed by atoms with Crippen LogP contribution in [0.15, 0.2) is 30.9 Å². The molecule has 4 rings (SSSR count). The van der Waals surface area contributed by atoms with E-state index in [0.29, 0.717) is 29.1 Å². The Bertz CT molecular complexity index is 876. The van der Waals surface area contributed by atoms with Crippen LogP contribution in [0.2, 0.25) is 0 Å². The van der Waals surface area contributed by atoms with E-state index in [1.54, 1.807) is 12.4 Å². The molecule has 1 fully saturated rings. The highest BCUT2D eigenvalue weighted by Crippen LogP contribution is 2.27. The Morgan fingerprint density at radius 3 is 3.04 bits per heavy atom. The molecule has 1 unspecified atom stereocenters. The third-order valence-electron chi connectivity index (χ3n) is 4.05. The Morgan fingerprint density at radius 1 is 1.33 bits per heavy atom. The highest BCUT2D eigenvalue weighted by molar-refractivity contribution is 5.82. The molecule has 0 saturated carbocycles. The molecule has 7 nitrogen and oxygen atoms in total. The molecular weight excluding hydrogens is 313 g/mol. The quantitative estimate of drug-likeness (QED) is 0.765. The first kappa shape index (κ1) is 14.8. The number of phenolic OH excluding ortho intramolecular Hbond substituents is 1. The molecule has 1 aromatic carbocycles. The summed E-state index contributed by atoms with van der Waals surface area (Å²) in [6, 6.07) is 4.26. The molecule has 3 heterocycles. The van der Waals surface area contributed by atoms with Crippen molar-refractivity contribution in [3.05, 3.63) is 42.2 Å². The van der Waals surface area contributed by atoms with Crippen LogP contribution in [0, 0.1) is 5.82 Å². The van der Waals surface area contributed by atoms with Gasteiger partial charge in [0.05, 0.1) is 6.33 Å². The van der Waals surface area contributed by atoms with Crippen LogP contribution in [0.5, 0.6) is 5.75 Å². The lowest BCUT2D eigenvalue weighted by atomic mass is 10.2. The Labute approximate surface area is 137 Å². The molecule has 0 bridgehead atoms. The summed E-state index contributed by atoms with van der Waals surface area (Å²) >= 11 is 0. The van der Waals surface area contributed by atoms with Crippen LogP contribution < -0.4 is 5.32 Å². The van der Waals surface area contributed by atoms with Gasteiger partial charge in [-0.05, 0) is 30.5 Å². The largest absolute Gasteiger partial charge is 0.505 e. The molecule has 2 N–H and O–H groups in total.